The molecule has 1 aliphatic heterocycles. The first-order valence-corrected chi connectivity index (χ1v) is 10.8. The third-order valence-electron chi connectivity index (χ3n) is 5.64. The SMILES string of the molecule is CCn1c(C(=O)NCCN2CCOCC2)cc2cc(NC(=O)c3ccccc3F)ccc21. The van der Waals surface area contributed by atoms with Crippen LogP contribution in [0.5, 0.6) is 0 Å². The summed E-state index contributed by atoms with van der Waals surface area (Å²) >= 11 is 0. The molecule has 0 atom stereocenters. The summed E-state index contributed by atoms with van der Waals surface area (Å²) in [5.74, 6) is -1.22. The van der Waals surface area contributed by atoms with Gasteiger partial charge in [-0.15, -0.1) is 0 Å². The highest BCUT2D eigenvalue weighted by Gasteiger charge is 2.17. The van der Waals surface area contributed by atoms with E-state index >= 15 is 0 Å². The molecule has 2 heterocycles. The summed E-state index contributed by atoms with van der Waals surface area (Å²) in [6.07, 6.45) is 0. The van der Waals surface area contributed by atoms with Crippen LogP contribution in [0.1, 0.15) is 27.8 Å². The van der Waals surface area contributed by atoms with Gasteiger partial charge in [-0.3, -0.25) is 14.5 Å². The number of nitrogens with one attached hydrogen (secondary N) is 2. The van der Waals surface area contributed by atoms with Crippen LogP contribution in [0.25, 0.3) is 10.9 Å². The van der Waals surface area contributed by atoms with Crippen LogP contribution in [-0.2, 0) is 11.3 Å². The number of carbonyl (C=O) groups is 2. The Kier molecular flexibility index (Phi) is 6.82. The van der Waals surface area contributed by atoms with Crippen LogP contribution in [0.15, 0.2) is 48.5 Å². The second-order valence-electron chi connectivity index (χ2n) is 7.69. The lowest BCUT2D eigenvalue weighted by Crippen LogP contribution is -2.41. The van der Waals surface area contributed by atoms with Crippen molar-refractivity contribution in [3.8, 4) is 0 Å². The van der Waals surface area contributed by atoms with Crippen LogP contribution >= 0.6 is 0 Å². The zero-order valence-electron chi connectivity index (χ0n) is 18.1. The van der Waals surface area contributed by atoms with Gasteiger partial charge in [-0.1, -0.05) is 12.1 Å². The number of ether oxygens (including phenoxy) is 1. The van der Waals surface area contributed by atoms with Crippen molar-refractivity contribution in [2.45, 2.75) is 13.5 Å². The van der Waals surface area contributed by atoms with E-state index < -0.39 is 11.7 Å². The van der Waals surface area contributed by atoms with E-state index in [1.165, 1.54) is 12.1 Å². The predicted octanol–water partition coefficient (Wildman–Crippen LogP) is 3.11. The van der Waals surface area contributed by atoms with Gasteiger partial charge >= 0.3 is 0 Å². The zero-order chi connectivity index (χ0) is 22.5. The minimum atomic E-state index is -0.570. The fourth-order valence-corrected chi connectivity index (χ4v) is 3.96. The van der Waals surface area contributed by atoms with Gasteiger partial charge < -0.3 is 19.9 Å². The van der Waals surface area contributed by atoms with Gasteiger partial charge in [-0.25, -0.2) is 4.39 Å². The number of benzene rings is 2. The predicted molar refractivity (Wildman–Crippen MR) is 122 cm³/mol. The standard InChI is InChI=1S/C24H27FN4O3/c1-2-29-21-8-7-18(27-23(30)19-5-3-4-6-20(19)25)15-17(21)16-22(29)24(31)26-9-10-28-11-13-32-14-12-28/h3-8,15-16H,2,9-14H2,1H3,(H,26,31)(H,27,30). The van der Waals surface area contributed by atoms with Crippen molar-refractivity contribution in [1.82, 2.24) is 14.8 Å². The van der Waals surface area contributed by atoms with Crippen molar-refractivity contribution in [1.29, 1.82) is 0 Å². The maximum absolute atomic E-state index is 13.9. The number of hydrogen-bond acceptors (Lipinski definition) is 4. The van der Waals surface area contributed by atoms with Crippen LogP contribution in [0.4, 0.5) is 10.1 Å². The number of anilines is 1. The molecule has 1 aromatic heterocycles. The number of nitrogens with zero attached hydrogens (tertiary/aromatic N) is 2. The molecule has 1 aliphatic rings. The highest BCUT2D eigenvalue weighted by atomic mass is 19.1. The number of aryl methyl sites for hydroxylation is 1. The summed E-state index contributed by atoms with van der Waals surface area (Å²) in [7, 11) is 0. The summed E-state index contributed by atoms with van der Waals surface area (Å²) in [6.45, 7) is 7.19. The Hall–Kier alpha value is -3.23. The smallest absolute Gasteiger partial charge is 0.267 e. The molecule has 0 radical (unpaired) electrons. The van der Waals surface area contributed by atoms with E-state index in [0.717, 1.165) is 43.8 Å². The lowest BCUT2D eigenvalue weighted by Gasteiger charge is -2.26. The molecule has 0 spiro atoms. The molecule has 168 valence electrons. The minimum absolute atomic E-state index is 0.0148. The van der Waals surface area contributed by atoms with Crippen molar-refractivity contribution in [3.63, 3.8) is 0 Å². The molecule has 8 heteroatoms. The van der Waals surface area contributed by atoms with E-state index in [0.29, 0.717) is 24.5 Å². The van der Waals surface area contributed by atoms with Gasteiger partial charge in [-0.05, 0) is 43.3 Å². The fraction of sp³-hybridized carbons (Fsp3) is 0.333. The molecule has 0 bridgehead atoms. The summed E-state index contributed by atoms with van der Waals surface area (Å²) in [5.41, 5.74) is 1.99. The molecular formula is C24H27FN4O3. The van der Waals surface area contributed by atoms with Crippen molar-refractivity contribution in [2.75, 3.05) is 44.7 Å². The molecule has 4 rings (SSSR count). The average molecular weight is 439 g/mol. The van der Waals surface area contributed by atoms with Gasteiger partial charge in [0.05, 0.1) is 18.8 Å². The van der Waals surface area contributed by atoms with Crippen LogP contribution in [0.2, 0.25) is 0 Å². The Balaban J connectivity index is 1.47. The Morgan fingerprint density at radius 2 is 1.84 bits per heavy atom. The second kappa shape index (κ2) is 9.93. The molecule has 0 aliphatic carbocycles. The first-order chi connectivity index (χ1) is 15.6. The van der Waals surface area contributed by atoms with Crippen molar-refractivity contribution in [3.05, 3.63) is 65.6 Å². The minimum Gasteiger partial charge on any atom is -0.379 e. The first kappa shape index (κ1) is 22.0. The fourth-order valence-electron chi connectivity index (χ4n) is 3.96. The van der Waals surface area contributed by atoms with Crippen LogP contribution in [-0.4, -0.2) is 60.7 Å². The van der Waals surface area contributed by atoms with E-state index in [4.69, 9.17) is 4.74 Å². The molecule has 3 aromatic rings. The number of fused-ring (bicyclic) bond motifs is 1. The van der Waals surface area contributed by atoms with Crippen molar-refractivity contribution >= 4 is 28.4 Å². The number of carbonyl (C=O) groups excluding carboxylic acids is 2. The van der Waals surface area contributed by atoms with Crippen molar-refractivity contribution in [2.24, 2.45) is 0 Å². The Labute approximate surface area is 186 Å². The highest BCUT2D eigenvalue weighted by molar-refractivity contribution is 6.06. The molecule has 2 aromatic carbocycles. The summed E-state index contributed by atoms with van der Waals surface area (Å²) in [5, 5.41) is 6.57. The molecule has 2 amide bonds. The van der Waals surface area contributed by atoms with Crippen LogP contribution < -0.4 is 10.6 Å². The average Bonchev–Trinajstić information content (AvgIpc) is 3.18. The monoisotopic (exact) mass is 438 g/mol. The first-order valence-electron chi connectivity index (χ1n) is 10.8. The summed E-state index contributed by atoms with van der Waals surface area (Å²) < 4.78 is 21.2. The number of halogens is 1. The second-order valence-corrected chi connectivity index (χ2v) is 7.69. The normalized spacial score (nSPS) is 14.4. The Bertz CT molecular complexity index is 1120. The maximum Gasteiger partial charge on any atom is 0.267 e. The molecule has 0 unspecified atom stereocenters. The quantitative estimate of drug-likeness (QED) is 0.594. The van der Waals surface area contributed by atoms with Gasteiger partial charge in [0, 0.05) is 49.3 Å². The van der Waals surface area contributed by atoms with Gasteiger partial charge in [0.25, 0.3) is 11.8 Å². The lowest BCUT2D eigenvalue weighted by molar-refractivity contribution is 0.0383. The topological polar surface area (TPSA) is 75.6 Å². The van der Waals surface area contributed by atoms with Crippen LogP contribution in [0.3, 0.4) is 0 Å². The summed E-state index contributed by atoms with van der Waals surface area (Å²) in [6, 6.07) is 13.1. The van der Waals surface area contributed by atoms with E-state index in [1.807, 2.05) is 23.6 Å². The highest BCUT2D eigenvalue weighted by Crippen LogP contribution is 2.24. The van der Waals surface area contributed by atoms with E-state index in [2.05, 4.69) is 15.5 Å². The third kappa shape index (κ3) is 4.81. The molecule has 0 saturated carbocycles. The molecular weight excluding hydrogens is 411 g/mol. The Morgan fingerprint density at radius 3 is 2.59 bits per heavy atom. The third-order valence-corrected chi connectivity index (χ3v) is 5.64. The number of rotatable bonds is 7. The number of aromatic nitrogens is 1. The van der Waals surface area contributed by atoms with E-state index in [9.17, 15) is 14.0 Å². The van der Waals surface area contributed by atoms with Gasteiger partial charge in [-0.2, -0.15) is 0 Å². The molecule has 7 nitrogen and oxygen atoms in total. The zero-order valence-corrected chi connectivity index (χ0v) is 18.1. The lowest BCUT2D eigenvalue weighted by atomic mass is 10.2. The van der Waals surface area contributed by atoms with Gasteiger partial charge in [0.2, 0.25) is 0 Å². The van der Waals surface area contributed by atoms with E-state index in [1.54, 1.807) is 24.3 Å². The molecule has 1 saturated heterocycles. The number of hydrogen-bond donors (Lipinski definition) is 2. The molecule has 2 N–H and O–H groups in total. The van der Waals surface area contributed by atoms with Crippen LogP contribution in [0, 0.1) is 5.82 Å². The number of morpholine rings is 1. The molecule has 32 heavy (non-hydrogen) atoms. The molecule has 1 fully saturated rings. The Morgan fingerprint density at radius 1 is 1.06 bits per heavy atom. The van der Waals surface area contributed by atoms with Gasteiger partial charge in [0.1, 0.15) is 11.5 Å². The largest absolute Gasteiger partial charge is 0.379 e. The van der Waals surface area contributed by atoms with Crippen molar-refractivity contribution < 1.29 is 18.7 Å². The van der Waals surface area contributed by atoms with Gasteiger partial charge in [0.15, 0.2) is 0 Å². The number of amides is 2. The summed E-state index contributed by atoms with van der Waals surface area (Å²) in [4.78, 5) is 27.5. The van der Waals surface area contributed by atoms with E-state index in [-0.39, 0.29) is 11.5 Å². The maximum atomic E-state index is 13.9.